The van der Waals surface area contributed by atoms with Gasteiger partial charge in [0.15, 0.2) is 0 Å². The van der Waals surface area contributed by atoms with Crippen LogP contribution in [-0.4, -0.2) is 141 Å². The number of carbonyl (C=O) groups is 9. The largest absolute Gasteiger partial charge is 0.391 e. The lowest BCUT2D eigenvalue weighted by molar-refractivity contribution is -0.148. The minimum Gasteiger partial charge on any atom is -0.391 e. The minimum absolute atomic E-state index is 0.0415. The fourth-order valence-electron chi connectivity index (χ4n) is 8.63. The van der Waals surface area contributed by atoms with Crippen molar-refractivity contribution in [2.24, 2.45) is 11.5 Å². The standard InChI is InChI=1S/C48H67N9O10S2/c1-3-4-6-18-40(60)51-36-28-69-26-32-15-9-14-31(23-32)25-68-27-35(42(50)61)54-44(63)34(24-30-12-7-5-8-13-30)53-43(62)33(19-20-39(49)59)52-46(65)41(29(2)58)55-45(64)37-16-10-21-56(37)48(67)38-17-11-22-57(38)47(36)66/h5,7-9,12-15,23,29,33-38,41,58H,3-4,6,10-11,16-22,24-28H2,1-2H3,(H2,49,59)(H2,50,61)(H,51,60)(H,52,65)(H,53,62)(H,54,63)(H,55,64)/t29-,33+,34+,35+,36+,37+,38+,41+/m1/s1. The van der Waals surface area contributed by atoms with E-state index < -0.39 is 95.7 Å². The van der Waals surface area contributed by atoms with Gasteiger partial charge < -0.3 is 53.0 Å². The first kappa shape index (κ1) is 54.3. The average molecular weight is 994 g/mol. The van der Waals surface area contributed by atoms with Gasteiger partial charge in [0.05, 0.1) is 6.10 Å². The van der Waals surface area contributed by atoms with Crippen LogP contribution >= 0.6 is 23.5 Å². The Morgan fingerprint density at radius 2 is 1.36 bits per heavy atom. The van der Waals surface area contributed by atoms with Crippen molar-refractivity contribution in [1.29, 1.82) is 0 Å². The Morgan fingerprint density at radius 3 is 2.00 bits per heavy atom. The highest BCUT2D eigenvalue weighted by molar-refractivity contribution is 7.98. The molecule has 0 spiro atoms. The highest BCUT2D eigenvalue weighted by atomic mass is 32.2. The second kappa shape index (κ2) is 26.9. The second-order valence-electron chi connectivity index (χ2n) is 17.8. The van der Waals surface area contributed by atoms with Gasteiger partial charge in [-0.2, -0.15) is 23.5 Å². The number of nitrogens with two attached hydrogens (primary N) is 2. The third kappa shape index (κ3) is 16.2. The molecule has 2 fully saturated rings. The molecule has 0 unspecified atom stereocenters. The first-order valence-corrected chi connectivity index (χ1v) is 26.0. The molecule has 0 saturated carbocycles. The quantitative estimate of drug-likeness (QED) is 0.135. The van der Waals surface area contributed by atoms with E-state index in [1.807, 2.05) is 31.2 Å². The van der Waals surface area contributed by atoms with Crippen molar-refractivity contribution < 1.29 is 48.3 Å². The molecule has 0 radical (unpaired) electrons. The van der Waals surface area contributed by atoms with E-state index in [0.29, 0.717) is 42.8 Å². The van der Waals surface area contributed by atoms with Crippen LogP contribution in [0.15, 0.2) is 54.6 Å². The van der Waals surface area contributed by atoms with Gasteiger partial charge in [0.2, 0.25) is 53.2 Å². The number of primary amides is 2. The number of amides is 9. The topological polar surface area (TPSA) is 293 Å². The maximum Gasteiger partial charge on any atom is 0.246 e. The van der Waals surface area contributed by atoms with E-state index >= 15 is 0 Å². The van der Waals surface area contributed by atoms with Crippen LogP contribution < -0.4 is 38.1 Å². The van der Waals surface area contributed by atoms with Crippen molar-refractivity contribution in [1.82, 2.24) is 36.4 Å². The van der Waals surface area contributed by atoms with Gasteiger partial charge in [-0.05, 0) is 62.1 Å². The summed E-state index contributed by atoms with van der Waals surface area (Å²) in [5.74, 6) is -4.86. The first-order chi connectivity index (χ1) is 33.1. The van der Waals surface area contributed by atoms with Crippen LogP contribution in [0.1, 0.15) is 94.7 Å². The van der Waals surface area contributed by atoms with Crippen LogP contribution in [0.2, 0.25) is 0 Å². The molecule has 2 saturated heterocycles. The fraction of sp³-hybridized carbons (Fsp3) is 0.562. The molecule has 3 aliphatic heterocycles. The molecular formula is C48H67N9O10S2. The van der Waals surface area contributed by atoms with Crippen LogP contribution in [0.3, 0.4) is 0 Å². The summed E-state index contributed by atoms with van der Waals surface area (Å²) in [6.45, 7) is 3.75. The van der Waals surface area contributed by atoms with E-state index in [1.54, 1.807) is 30.3 Å². The van der Waals surface area contributed by atoms with Gasteiger partial charge in [0.25, 0.3) is 0 Å². The molecule has 2 aromatic rings. The second-order valence-corrected chi connectivity index (χ2v) is 19.9. The monoisotopic (exact) mass is 993 g/mol. The van der Waals surface area contributed by atoms with E-state index in [2.05, 4.69) is 26.6 Å². The molecule has 2 aromatic carbocycles. The molecule has 10 N–H and O–H groups in total. The highest BCUT2D eigenvalue weighted by Gasteiger charge is 2.44. The zero-order valence-electron chi connectivity index (χ0n) is 39.3. The van der Waals surface area contributed by atoms with E-state index in [9.17, 15) is 48.3 Å². The number of nitrogens with one attached hydrogen (secondary N) is 5. The number of aliphatic hydroxyl groups is 1. The number of nitrogens with zero attached hydrogens (tertiary/aromatic N) is 2. The van der Waals surface area contributed by atoms with Crippen molar-refractivity contribution in [2.45, 2.75) is 144 Å². The van der Waals surface area contributed by atoms with Crippen molar-refractivity contribution >= 4 is 76.7 Å². The van der Waals surface area contributed by atoms with Crippen molar-refractivity contribution in [3.63, 3.8) is 0 Å². The zero-order valence-corrected chi connectivity index (χ0v) is 41.0. The van der Waals surface area contributed by atoms with E-state index in [4.69, 9.17) is 11.5 Å². The van der Waals surface area contributed by atoms with Gasteiger partial charge in [0.1, 0.15) is 42.3 Å². The molecule has 0 aromatic heterocycles. The maximum absolute atomic E-state index is 14.4. The number of fused-ring (bicyclic) bond motifs is 4. The summed E-state index contributed by atoms with van der Waals surface area (Å²) >= 11 is 2.80. The number of hydrogen-bond donors (Lipinski definition) is 8. The van der Waals surface area contributed by atoms with Crippen LogP contribution in [0.4, 0.5) is 0 Å². The van der Waals surface area contributed by atoms with E-state index in [-0.39, 0.29) is 62.6 Å². The number of thioether (sulfide) groups is 2. The summed E-state index contributed by atoms with van der Waals surface area (Å²) in [6.07, 6.45) is 1.96. The number of hydrogen-bond acceptors (Lipinski definition) is 12. The molecular weight excluding hydrogens is 927 g/mol. The van der Waals surface area contributed by atoms with E-state index in [0.717, 1.165) is 24.0 Å². The molecule has 2 bridgehead atoms. The molecule has 376 valence electrons. The highest BCUT2D eigenvalue weighted by Crippen LogP contribution is 2.27. The lowest BCUT2D eigenvalue weighted by Crippen LogP contribution is -2.61. The molecule has 8 atom stereocenters. The lowest BCUT2D eigenvalue weighted by atomic mass is 10.0. The predicted molar refractivity (Wildman–Crippen MR) is 261 cm³/mol. The molecule has 21 heteroatoms. The summed E-state index contributed by atoms with van der Waals surface area (Å²) < 4.78 is 0. The summed E-state index contributed by atoms with van der Waals surface area (Å²) in [5.41, 5.74) is 13.7. The number of carbonyl (C=O) groups excluding carboxylic acids is 9. The molecule has 69 heavy (non-hydrogen) atoms. The van der Waals surface area contributed by atoms with Crippen LogP contribution in [-0.2, 0) is 61.1 Å². The summed E-state index contributed by atoms with van der Waals surface area (Å²) in [7, 11) is 0. The Balaban J connectivity index is 1.47. The predicted octanol–water partition coefficient (Wildman–Crippen LogP) is 0.527. The first-order valence-electron chi connectivity index (χ1n) is 23.7. The summed E-state index contributed by atoms with van der Waals surface area (Å²) in [6, 6.07) is 7.98. The minimum atomic E-state index is -1.65. The van der Waals surface area contributed by atoms with E-state index in [1.165, 1.54) is 40.2 Å². The maximum atomic E-state index is 14.4. The number of unbranched alkanes of at least 4 members (excludes halogenated alkanes) is 2. The lowest BCUT2D eigenvalue weighted by Gasteiger charge is -2.33. The number of aliphatic hydroxyl groups excluding tert-OH is 1. The van der Waals surface area contributed by atoms with Gasteiger partial charge >= 0.3 is 0 Å². The Morgan fingerprint density at radius 1 is 0.739 bits per heavy atom. The Hall–Kier alpha value is -5.67. The smallest absolute Gasteiger partial charge is 0.246 e. The number of rotatable bonds is 12. The van der Waals surface area contributed by atoms with Crippen LogP contribution in [0, 0.1) is 0 Å². The third-order valence-corrected chi connectivity index (χ3v) is 14.6. The van der Waals surface area contributed by atoms with Crippen LogP contribution in [0.25, 0.3) is 0 Å². The summed E-state index contributed by atoms with van der Waals surface area (Å²) in [4.78, 5) is 126. The Bertz CT molecular complexity index is 2150. The Labute approximate surface area is 411 Å². The molecule has 5 rings (SSSR count). The van der Waals surface area contributed by atoms with Gasteiger partial charge in [0, 0.05) is 55.4 Å². The number of benzene rings is 2. The zero-order chi connectivity index (χ0) is 50.0. The van der Waals surface area contributed by atoms with Gasteiger partial charge in [-0.3, -0.25) is 43.2 Å². The average Bonchev–Trinajstić information content (AvgIpc) is 4.02. The fourth-order valence-corrected chi connectivity index (χ4v) is 10.6. The van der Waals surface area contributed by atoms with Gasteiger partial charge in [-0.15, -0.1) is 0 Å². The molecule has 0 aliphatic carbocycles. The Kier molecular flexibility index (Phi) is 21.2. The normalized spacial score (nSPS) is 25.4. The SMILES string of the molecule is CCCCCC(=O)N[C@H]1CSCc2cccc(c2)CSC[C@@H](C(N)=O)NC(=O)[C@H](Cc2ccccc2)NC(=O)[C@H](CCC(N)=O)NC(=O)[C@H]([C@@H](C)O)NC(=O)[C@@H]2CCCN2C(=O)[C@@H]2CCCN2C1=O. The third-order valence-electron chi connectivity index (χ3n) is 12.3. The molecule has 3 aliphatic rings. The molecule has 3 heterocycles. The van der Waals surface area contributed by atoms with Crippen molar-refractivity contribution in [2.75, 3.05) is 24.6 Å². The van der Waals surface area contributed by atoms with Crippen LogP contribution in [0.5, 0.6) is 0 Å². The van der Waals surface area contributed by atoms with Gasteiger partial charge in [-0.25, -0.2) is 0 Å². The van der Waals surface area contributed by atoms with Crippen molar-refractivity contribution in [3.05, 3.63) is 71.3 Å². The molecule has 19 nitrogen and oxygen atoms in total. The van der Waals surface area contributed by atoms with Gasteiger partial charge in [-0.1, -0.05) is 74.4 Å². The summed E-state index contributed by atoms with van der Waals surface area (Å²) in [5, 5.41) is 24.2. The molecule has 9 amide bonds. The van der Waals surface area contributed by atoms with Crippen molar-refractivity contribution in [3.8, 4) is 0 Å².